The Balaban J connectivity index is 1.42. The minimum atomic E-state index is 0.916. The van der Waals surface area contributed by atoms with E-state index in [1.807, 2.05) is 6.07 Å². The van der Waals surface area contributed by atoms with Crippen molar-refractivity contribution in [2.24, 2.45) is 0 Å². The van der Waals surface area contributed by atoms with E-state index in [1.54, 1.807) is 0 Å². The summed E-state index contributed by atoms with van der Waals surface area (Å²) >= 11 is 0. The first-order valence-corrected chi connectivity index (χ1v) is 14.8. The molecular formula is C42H26O. The fourth-order valence-electron chi connectivity index (χ4n) is 6.99. The van der Waals surface area contributed by atoms with Crippen molar-refractivity contribution in [3.63, 3.8) is 0 Å². The smallest absolute Gasteiger partial charge is 0.143 e. The summed E-state index contributed by atoms with van der Waals surface area (Å²) in [5.41, 5.74) is 9.14. The fourth-order valence-corrected chi connectivity index (χ4v) is 6.99. The Morgan fingerprint density at radius 2 is 0.884 bits per heavy atom. The standard InChI is InChI=1S/C42H26O/c1-2-13-27(14-3-1)38-26-29(25-28-15-4-5-16-30(28)38)40-32-18-6-8-20-34(32)41(35-21-9-7-19-33(35)40)37-23-12-22-36-31-17-10-11-24-39(31)43-42(36)37/h1-26H. The van der Waals surface area contributed by atoms with Gasteiger partial charge in [0.05, 0.1) is 0 Å². The van der Waals surface area contributed by atoms with Crippen LogP contribution in [0.5, 0.6) is 0 Å². The Morgan fingerprint density at radius 1 is 0.326 bits per heavy atom. The Hall–Kier alpha value is -5.66. The van der Waals surface area contributed by atoms with Crippen LogP contribution in [0.3, 0.4) is 0 Å². The van der Waals surface area contributed by atoms with Gasteiger partial charge in [-0.1, -0.05) is 140 Å². The summed E-state index contributed by atoms with van der Waals surface area (Å²) in [4.78, 5) is 0. The zero-order chi connectivity index (χ0) is 28.3. The van der Waals surface area contributed by atoms with Crippen LogP contribution in [0.15, 0.2) is 162 Å². The molecule has 0 fully saturated rings. The number of para-hydroxylation sites is 2. The monoisotopic (exact) mass is 546 g/mol. The van der Waals surface area contributed by atoms with E-state index in [-0.39, 0.29) is 0 Å². The number of hydrogen-bond acceptors (Lipinski definition) is 1. The minimum Gasteiger partial charge on any atom is -0.455 e. The average Bonchev–Trinajstić information content (AvgIpc) is 3.46. The Kier molecular flexibility index (Phi) is 5.27. The van der Waals surface area contributed by atoms with Gasteiger partial charge in [-0.15, -0.1) is 0 Å². The summed E-state index contributed by atoms with van der Waals surface area (Å²) in [6.45, 7) is 0. The predicted molar refractivity (Wildman–Crippen MR) is 183 cm³/mol. The number of rotatable bonds is 3. The van der Waals surface area contributed by atoms with Gasteiger partial charge in [0.15, 0.2) is 0 Å². The normalized spacial score (nSPS) is 11.7. The lowest BCUT2D eigenvalue weighted by Gasteiger charge is -2.19. The maximum Gasteiger partial charge on any atom is 0.143 e. The van der Waals surface area contributed by atoms with Gasteiger partial charge in [-0.25, -0.2) is 0 Å². The molecule has 9 aromatic rings. The third-order valence-electron chi connectivity index (χ3n) is 8.84. The van der Waals surface area contributed by atoms with Crippen LogP contribution in [0.25, 0.3) is 87.6 Å². The molecule has 1 heteroatoms. The van der Waals surface area contributed by atoms with E-state index in [0.717, 1.165) is 27.5 Å². The van der Waals surface area contributed by atoms with Gasteiger partial charge < -0.3 is 4.42 Å². The lowest BCUT2D eigenvalue weighted by molar-refractivity contribution is 0.670. The summed E-state index contributed by atoms with van der Waals surface area (Å²) in [5.74, 6) is 0. The fraction of sp³-hybridized carbons (Fsp3) is 0. The molecule has 0 saturated heterocycles. The van der Waals surface area contributed by atoms with Crippen molar-refractivity contribution in [3.8, 4) is 33.4 Å². The van der Waals surface area contributed by atoms with Crippen LogP contribution in [-0.2, 0) is 0 Å². The molecule has 0 aliphatic rings. The Labute approximate surface area is 249 Å². The summed E-state index contributed by atoms with van der Waals surface area (Å²) in [7, 11) is 0. The van der Waals surface area contributed by atoms with E-state index in [2.05, 4.69) is 152 Å². The lowest BCUT2D eigenvalue weighted by atomic mass is 9.84. The highest BCUT2D eigenvalue weighted by Crippen LogP contribution is 2.47. The van der Waals surface area contributed by atoms with E-state index >= 15 is 0 Å². The Morgan fingerprint density at radius 3 is 1.60 bits per heavy atom. The van der Waals surface area contributed by atoms with Crippen LogP contribution in [-0.4, -0.2) is 0 Å². The molecule has 0 aliphatic heterocycles. The highest BCUT2D eigenvalue weighted by atomic mass is 16.3. The predicted octanol–water partition coefficient (Wildman–Crippen LogP) is 12.0. The number of fused-ring (bicyclic) bond motifs is 6. The van der Waals surface area contributed by atoms with Crippen molar-refractivity contribution in [2.45, 2.75) is 0 Å². The molecule has 8 aromatic carbocycles. The van der Waals surface area contributed by atoms with Gasteiger partial charge >= 0.3 is 0 Å². The molecule has 1 heterocycles. The van der Waals surface area contributed by atoms with Crippen molar-refractivity contribution >= 4 is 54.3 Å². The molecule has 200 valence electrons. The summed E-state index contributed by atoms with van der Waals surface area (Å²) in [6, 6.07) is 56.8. The van der Waals surface area contributed by atoms with Gasteiger partial charge in [0, 0.05) is 21.9 Å². The van der Waals surface area contributed by atoms with E-state index in [4.69, 9.17) is 4.42 Å². The van der Waals surface area contributed by atoms with Crippen LogP contribution < -0.4 is 0 Å². The second-order valence-electron chi connectivity index (χ2n) is 11.2. The van der Waals surface area contributed by atoms with E-state index in [1.165, 1.54) is 60.1 Å². The first kappa shape index (κ1) is 24.0. The molecule has 0 radical (unpaired) electrons. The average molecular weight is 547 g/mol. The van der Waals surface area contributed by atoms with Gasteiger partial charge in [0.1, 0.15) is 11.2 Å². The zero-order valence-electron chi connectivity index (χ0n) is 23.4. The highest BCUT2D eigenvalue weighted by molar-refractivity contribution is 6.24. The van der Waals surface area contributed by atoms with Gasteiger partial charge in [-0.3, -0.25) is 0 Å². The SMILES string of the molecule is c1ccc(-c2cc(-c3c4ccccc4c(-c4cccc5c4oc4ccccc45)c4ccccc34)cc3ccccc23)cc1. The zero-order valence-corrected chi connectivity index (χ0v) is 23.4. The highest BCUT2D eigenvalue weighted by Gasteiger charge is 2.20. The van der Waals surface area contributed by atoms with Gasteiger partial charge in [-0.2, -0.15) is 0 Å². The van der Waals surface area contributed by atoms with Crippen LogP contribution in [0.2, 0.25) is 0 Å². The molecular weight excluding hydrogens is 520 g/mol. The minimum absolute atomic E-state index is 0.916. The van der Waals surface area contributed by atoms with Crippen LogP contribution in [0.1, 0.15) is 0 Å². The van der Waals surface area contributed by atoms with Crippen LogP contribution in [0.4, 0.5) is 0 Å². The second kappa shape index (κ2) is 9.44. The van der Waals surface area contributed by atoms with Crippen molar-refractivity contribution in [3.05, 3.63) is 158 Å². The van der Waals surface area contributed by atoms with Crippen molar-refractivity contribution < 1.29 is 4.42 Å². The van der Waals surface area contributed by atoms with Gasteiger partial charge in [-0.05, 0) is 72.8 Å². The third-order valence-corrected chi connectivity index (χ3v) is 8.84. The summed E-state index contributed by atoms with van der Waals surface area (Å²) in [6.07, 6.45) is 0. The number of furan rings is 1. The maximum absolute atomic E-state index is 6.56. The van der Waals surface area contributed by atoms with Gasteiger partial charge in [0.25, 0.3) is 0 Å². The molecule has 1 nitrogen and oxygen atoms in total. The molecule has 0 aliphatic carbocycles. The quantitative estimate of drug-likeness (QED) is 0.201. The first-order chi connectivity index (χ1) is 21.3. The molecule has 9 rings (SSSR count). The van der Waals surface area contributed by atoms with Crippen LogP contribution >= 0.6 is 0 Å². The second-order valence-corrected chi connectivity index (χ2v) is 11.2. The van der Waals surface area contributed by atoms with E-state index in [9.17, 15) is 0 Å². The summed E-state index contributed by atoms with van der Waals surface area (Å²) < 4.78 is 6.56. The number of benzene rings is 8. The van der Waals surface area contributed by atoms with Crippen molar-refractivity contribution in [1.82, 2.24) is 0 Å². The summed E-state index contributed by atoms with van der Waals surface area (Å²) in [5, 5.41) is 9.71. The van der Waals surface area contributed by atoms with E-state index in [0.29, 0.717) is 0 Å². The van der Waals surface area contributed by atoms with E-state index < -0.39 is 0 Å². The molecule has 0 spiro atoms. The third kappa shape index (κ3) is 3.65. The lowest BCUT2D eigenvalue weighted by Crippen LogP contribution is -1.92. The van der Waals surface area contributed by atoms with Crippen molar-refractivity contribution in [2.75, 3.05) is 0 Å². The topological polar surface area (TPSA) is 13.1 Å². The molecule has 0 N–H and O–H groups in total. The number of hydrogen-bond donors (Lipinski definition) is 0. The molecule has 0 amide bonds. The molecule has 0 unspecified atom stereocenters. The molecule has 0 saturated carbocycles. The maximum atomic E-state index is 6.56. The first-order valence-electron chi connectivity index (χ1n) is 14.8. The molecule has 0 atom stereocenters. The molecule has 43 heavy (non-hydrogen) atoms. The molecule has 0 bridgehead atoms. The van der Waals surface area contributed by atoms with Crippen LogP contribution in [0, 0.1) is 0 Å². The van der Waals surface area contributed by atoms with Crippen molar-refractivity contribution in [1.29, 1.82) is 0 Å². The van der Waals surface area contributed by atoms with Gasteiger partial charge in [0.2, 0.25) is 0 Å². The molecule has 1 aromatic heterocycles. The Bertz CT molecular complexity index is 2440. The largest absolute Gasteiger partial charge is 0.455 e.